The van der Waals surface area contributed by atoms with Gasteiger partial charge in [-0.05, 0) is 44.1 Å². The Balaban J connectivity index is 1.47. The number of hydrogen-bond donors (Lipinski definition) is 1. The first-order chi connectivity index (χ1) is 13.8. The summed E-state index contributed by atoms with van der Waals surface area (Å²) in [6, 6.07) is 8.25. The summed E-state index contributed by atoms with van der Waals surface area (Å²) in [6.07, 6.45) is 0.00152. The molecule has 2 saturated carbocycles. The van der Waals surface area contributed by atoms with E-state index in [0.717, 1.165) is 36.2 Å². The maximum Gasteiger partial charge on any atom is 0.433 e. The van der Waals surface area contributed by atoms with E-state index in [1.807, 2.05) is 19.1 Å². The molecule has 2 aliphatic rings. The average molecular weight is 421 g/mol. The number of thioether (sulfide) groups is 1. The molecule has 0 aliphatic heterocycles. The smallest absolute Gasteiger partial charge is 0.352 e. The molecule has 1 N–H and O–H groups in total. The third-order valence-corrected chi connectivity index (χ3v) is 6.61. The number of carbonyl (C=O) groups is 1. The molecule has 1 aromatic heterocycles. The van der Waals surface area contributed by atoms with Gasteiger partial charge >= 0.3 is 6.18 Å². The van der Waals surface area contributed by atoms with Gasteiger partial charge in [-0.15, -0.1) is 0 Å². The minimum Gasteiger partial charge on any atom is -0.352 e. The fraction of sp³-hybridized carbons (Fsp3) is 0.476. The Bertz CT molecular complexity index is 901. The predicted octanol–water partition coefficient (Wildman–Crippen LogP) is 4.87. The lowest BCUT2D eigenvalue weighted by Crippen LogP contribution is -2.39. The molecule has 1 heterocycles. The Morgan fingerprint density at radius 3 is 2.55 bits per heavy atom. The first kappa shape index (κ1) is 20.2. The largest absolute Gasteiger partial charge is 0.433 e. The zero-order valence-electron chi connectivity index (χ0n) is 16.0. The van der Waals surface area contributed by atoms with Gasteiger partial charge in [0.15, 0.2) is 5.16 Å². The van der Waals surface area contributed by atoms with Crippen LogP contribution in [0.1, 0.15) is 36.9 Å². The van der Waals surface area contributed by atoms with Crippen molar-refractivity contribution in [3.05, 3.63) is 41.6 Å². The number of halogens is 3. The molecule has 0 saturated heterocycles. The van der Waals surface area contributed by atoms with Gasteiger partial charge in [0, 0.05) is 11.6 Å². The van der Waals surface area contributed by atoms with E-state index in [0.29, 0.717) is 17.4 Å². The van der Waals surface area contributed by atoms with E-state index in [9.17, 15) is 18.0 Å². The third-order valence-electron chi connectivity index (χ3n) is 5.76. The second kappa shape index (κ2) is 7.97. The lowest BCUT2D eigenvalue weighted by molar-refractivity contribution is -0.141. The SMILES string of the molecule is Cc1ccc(-c2cc(C(F)(F)F)nc(SCC(=O)N[C@@H]3C[C@H]4CC[C@H]3C4)n2)cc1. The second-order valence-corrected chi connectivity index (χ2v) is 8.86. The maximum atomic E-state index is 13.3. The topological polar surface area (TPSA) is 54.9 Å². The summed E-state index contributed by atoms with van der Waals surface area (Å²) in [4.78, 5) is 20.2. The Kier molecular flexibility index (Phi) is 5.55. The fourth-order valence-corrected chi connectivity index (χ4v) is 4.98. The first-order valence-electron chi connectivity index (χ1n) is 9.73. The number of carbonyl (C=O) groups excluding carboxylic acids is 1. The molecule has 4 nitrogen and oxygen atoms in total. The van der Waals surface area contributed by atoms with Gasteiger partial charge in [0.2, 0.25) is 5.91 Å². The summed E-state index contributed by atoms with van der Waals surface area (Å²) >= 11 is 0.940. The minimum atomic E-state index is -4.58. The van der Waals surface area contributed by atoms with Gasteiger partial charge in [-0.1, -0.05) is 48.0 Å². The van der Waals surface area contributed by atoms with Crippen LogP contribution in [-0.4, -0.2) is 27.7 Å². The standard InChI is InChI=1S/C21H22F3N3OS/c1-12-2-5-14(6-3-12)17-10-18(21(22,23)24)27-20(26-17)29-11-19(28)25-16-9-13-4-7-15(16)8-13/h2-3,5-6,10,13,15-16H,4,7-9,11H2,1H3,(H,25,28)/t13-,15-,16+/m0/s1. The molecule has 154 valence electrons. The third kappa shape index (κ3) is 4.74. The van der Waals surface area contributed by atoms with E-state index in [1.54, 1.807) is 12.1 Å². The molecule has 2 aromatic rings. The number of nitrogens with one attached hydrogen (secondary N) is 1. The summed E-state index contributed by atoms with van der Waals surface area (Å²) in [7, 11) is 0. The van der Waals surface area contributed by atoms with Crippen LogP contribution >= 0.6 is 11.8 Å². The number of alkyl halides is 3. The minimum absolute atomic E-state index is 0.00251. The van der Waals surface area contributed by atoms with Crippen molar-refractivity contribution in [1.29, 1.82) is 0 Å². The molecular weight excluding hydrogens is 399 g/mol. The summed E-state index contributed by atoms with van der Waals surface area (Å²) in [5.74, 6) is 1.09. The highest BCUT2D eigenvalue weighted by Gasteiger charge is 2.40. The molecule has 3 atom stereocenters. The van der Waals surface area contributed by atoms with E-state index in [-0.39, 0.29) is 28.6 Å². The molecule has 2 bridgehead atoms. The van der Waals surface area contributed by atoms with Crippen LogP contribution in [0, 0.1) is 18.8 Å². The maximum absolute atomic E-state index is 13.3. The number of aromatic nitrogens is 2. The van der Waals surface area contributed by atoms with E-state index < -0.39 is 11.9 Å². The van der Waals surface area contributed by atoms with Crippen molar-refractivity contribution in [1.82, 2.24) is 15.3 Å². The van der Waals surface area contributed by atoms with Gasteiger partial charge in [-0.3, -0.25) is 4.79 Å². The van der Waals surface area contributed by atoms with E-state index >= 15 is 0 Å². The summed E-state index contributed by atoms with van der Waals surface area (Å²) < 4.78 is 39.9. The molecule has 8 heteroatoms. The summed E-state index contributed by atoms with van der Waals surface area (Å²) in [5, 5.41) is 3.00. The molecule has 2 aliphatic carbocycles. The lowest BCUT2D eigenvalue weighted by atomic mass is 9.95. The normalized spacial score (nSPS) is 23.4. The number of benzene rings is 1. The Morgan fingerprint density at radius 1 is 1.17 bits per heavy atom. The molecule has 1 amide bonds. The Labute approximate surface area is 171 Å². The van der Waals surface area contributed by atoms with Crippen molar-refractivity contribution in [3.8, 4) is 11.3 Å². The zero-order valence-corrected chi connectivity index (χ0v) is 16.8. The number of fused-ring (bicyclic) bond motifs is 2. The molecule has 29 heavy (non-hydrogen) atoms. The molecule has 4 rings (SSSR count). The van der Waals surface area contributed by atoms with Crippen LogP contribution in [0.5, 0.6) is 0 Å². The monoisotopic (exact) mass is 421 g/mol. The van der Waals surface area contributed by atoms with Crippen molar-refractivity contribution >= 4 is 17.7 Å². The average Bonchev–Trinajstić information content (AvgIpc) is 3.29. The van der Waals surface area contributed by atoms with Crippen LogP contribution in [0.2, 0.25) is 0 Å². The van der Waals surface area contributed by atoms with Gasteiger partial charge in [0.25, 0.3) is 0 Å². The first-order valence-corrected chi connectivity index (χ1v) is 10.7. The van der Waals surface area contributed by atoms with Crippen LogP contribution in [0.25, 0.3) is 11.3 Å². The van der Waals surface area contributed by atoms with Gasteiger partial charge in [-0.2, -0.15) is 13.2 Å². The van der Waals surface area contributed by atoms with Crippen molar-refractivity contribution in [2.75, 3.05) is 5.75 Å². The van der Waals surface area contributed by atoms with Gasteiger partial charge in [0.1, 0.15) is 5.69 Å². The van der Waals surface area contributed by atoms with Crippen LogP contribution in [0.3, 0.4) is 0 Å². The van der Waals surface area contributed by atoms with Crippen LogP contribution in [0.4, 0.5) is 13.2 Å². The number of nitrogens with zero attached hydrogens (tertiary/aromatic N) is 2. The zero-order chi connectivity index (χ0) is 20.6. The summed E-state index contributed by atoms with van der Waals surface area (Å²) in [5.41, 5.74) is 0.782. The molecule has 0 radical (unpaired) electrons. The lowest BCUT2D eigenvalue weighted by Gasteiger charge is -2.22. The van der Waals surface area contributed by atoms with Crippen molar-refractivity contribution < 1.29 is 18.0 Å². The van der Waals surface area contributed by atoms with E-state index in [1.165, 1.54) is 12.8 Å². The predicted molar refractivity (Wildman–Crippen MR) is 105 cm³/mol. The molecular formula is C21H22F3N3OS. The summed E-state index contributed by atoms with van der Waals surface area (Å²) in [6.45, 7) is 1.90. The molecule has 0 unspecified atom stereocenters. The molecule has 1 aromatic carbocycles. The van der Waals surface area contributed by atoms with Crippen LogP contribution in [-0.2, 0) is 11.0 Å². The van der Waals surface area contributed by atoms with Crippen LogP contribution in [0.15, 0.2) is 35.5 Å². The highest BCUT2D eigenvalue weighted by Crippen LogP contribution is 2.44. The highest BCUT2D eigenvalue weighted by molar-refractivity contribution is 7.99. The Morgan fingerprint density at radius 2 is 1.93 bits per heavy atom. The van der Waals surface area contributed by atoms with Crippen LogP contribution < -0.4 is 5.32 Å². The van der Waals surface area contributed by atoms with Gasteiger partial charge in [0.05, 0.1) is 11.4 Å². The Hall–Kier alpha value is -2.09. The van der Waals surface area contributed by atoms with Crippen molar-refractivity contribution in [2.45, 2.75) is 50.0 Å². The second-order valence-electron chi connectivity index (χ2n) is 7.92. The van der Waals surface area contributed by atoms with E-state index in [4.69, 9.17) is 0 Å². The molecule has 2 fully saturated rings. The number of hydrogen-bond acceptors (Lipinski definition) is 4. The fourth-order valence-electron chi connectivity index (χ4n) is 4.31. The van der Waals surface area contributed by atoms with Gasteiger partial charge < -0.3 is 5.32 Å². The van der Waals surface area contributed by atoms with E-state index in [2.05, 4.69) is 15.3 Å². The highest BCUT2D eigenvalue weighted by atomic mass is 32.2. The molecule has 0 spiro atoms. The van der Waals surface area contributed by atoms with Crippen molar-refractivity contribution in [2.24, 2.45) is 11.8 Å². The van der Waals surface area contributed by atoms with Crippen molar-refractivity contribution in [3.63, 3.8) is 0 Å². The number of amides is 1. The number of aryl methyl sites for hydroxylation is 1. The quantitative estimate of drug-likeness (QED) is 0.553. The van der Waals surface area contributed by atoms with Gasteiger partial charge in [-0.25, -0.2) is 9.97 Å². The number of rotatable bonds is 5.